The van der Waals surface area contributed by atoms with Crippen LogP contribution in [-0.4, -0.2) is 80.8 Å². The lowest BCUT2D eigenvalue weighted by molar-refractivity contribution is -0.158. The van der Waals surface area contributed by atoms with E-state index < -0.39 is 35.0 Å². The summed E-state index contributed by atoms with van der Waals surface area (Å²) in [4.78, 5) is 43.0. The van der Waals surface area contributed by atoms with Gasteiger partial charge in [-0.05, 0) is 52.4 Å². The van der Waals surface area contributed by atoms with Gasteiger partial charge >= 0.3 is 5.97 Å². The van der Waals surface area contributed by atoms with Crippen LogP contribution in [0.5, 0.6) is 0 Å². The fraction of sp³-hybridized carbons (Fsp3) is 0.783. The number of aliphatic hydroxyl groups excluding tert-OH is 1. The maximum absolute atomic E-state index is 13.9. The number of hydrogen-bond acceptors (Lipinski definition) is 5. The van der Waals surface area contributed by atoms with Gasteiger partial charge in [-0.25, -0.2) is 0 Å². The van der Waals surface area contributed by atoms with Crippen LogP contribution in [0.25, 0.3) is 0 Å². The van der Waals surface area contributed by atoms with E-state index in [0.29, 0.717) is 32.4 Å². The van der Waals surface area contributed by atoms with Crippen molar-refractivity contribution >= 4 is 17.8 Å². The number of hydrogen-bond donors (Lipinski definition) is 2. The minimum atomic E-state index is -1.13. The van der Waals surface area contributed by atoms with E-state index >= 15 is 0 Å². The molecule has 31 heavy (non-hydrogen) atoms. The van der Waals surface area contributed by atoms with Gasteiger partial charge in [-0.15, -0.1) is 6.58 Å². The van der Waals surface area contributed by atoms with E-state index in [1.807, 2.05) is 20.8 Å². The van der Waals surface area contributed by atoms with Gasteiger partial charge in [-0.3, -0.25) is 14.4 Å². The minimum Gasteiger partial charge on any atom is -0.481 e. The summed E-state index contributed by atoms with van der Waals surface area (Å²) in [5, 5.41) is 19.1. The van der Waals surface area contributed by atoms with E-state index in [1.165, 1.54) is 0 Å². The van der Waals surface area contributed by atoms with Crippen molar-refractivity contribution in [3.8, 4) is 0 Å². The van der Waals surface area contributed by atoms with E-state index in [2.05, 4.69) is 6.58 Å². The summed E-state index contributed by atoms with van der Waals surface area (Å²) in [5.74, 6) is -3.49. The highest BCUT2D eigenvalue weighted by Crippen LogP contribution is 2.65. The van der Waals surface area contributed by atoms with Crippen LogP contribution in [0.4, 0.5) is 0 Å². The number of fused-ring (bicyclic) bond motifs is 1. The molecule has 2 N–H and O–H groups in total. The number of ether oxygens (including phenoxy) is 1. The van der Waals surface area contributed by atoms with Crippen molar-refractivity contribution in [1.82, 2.24) is 9.80 Å². The molecule has 0 aromatic rings. The average Bonchev–Trinajstić information content (AvgIpc) is 3.20. The molecule has 3 saturated heterocycles. The second-order valence-corrected chi connectivity index (χ2v) is 9.73. The molecule has 3 fully saturated rings. The van der Waals surface area contributed by atoms with Crippen LogP contribution in [0.2, 0.25) is 0 Å². The second kappa shape index (κ2) is 8.54. The van der Waals surface area contributed by atoms with Crippen molar-refractivity contribution in [2.45, 2.75) is 76.7 Å². The van der Waals surface area contributed by atoms with Gasteiger partial charge in [0.1, 0.15) is 17.6 Å². The summed E-state index contributed by atoms with van der Waals surface area (Å²) in [5.41, 5.74) is -2.11. The van der Waals surface area contributed by atoms with Gasteiger partial charge in [0, 0.05) is 25.7 Å². The smallest absolute Gasteiger partial charge is 0.310 e. The molecule has 3 aliphatic rings. The number of nitrogens with zero attached hydrogens (tertiary/aromatic N) is 2. The predicted molar refractivity (Wildman–Crippen MR) is 114 cm³/mol. The number of amides is 2. The first-order valence-electron chi connectivity index (χ1n) is 11.3. The van der Waals surface area contributed by atoms with Crippen molar-refractivity contribution < 1.29 is 29.3 Å². The second-order valence-electron chi connectivity index (χ2n) is 9.73. The molecule has 6 atom stereocenters. The van der Waals surface area contributed by atoms with E-state index in [9.17, 15) is 19.5 Å². The average molecular weight is 437 g/mol. The number of carboxylic acid groups (broad SMARTS) is 1. The molecular weight excluding hydrogens is 400 g/mol. The molecule has 0 aromatic carbocycles. The van der Waals surface area contributed by atoms with Gasteiger partial charge in [0.2, 0.25) is 11.8 Å². The Morgan fingerprint density at radius 2 is 2.03 bits per heavy atom. The molecule has 0 aromatic heterocycles. The fourth-order valence-electron chi connectivity index (χ4n) is 6.06. The molecule has 0 radical (unpaired) electrons. The Kier molecular flexibility index (Phi) is 6.54. The number of rotatable bonds is 10. The molecule has 8 heteroatoms. The lowest BCUT2D eigenvalue weighted by Gasteiger charge is -2.38. The van der Waals surface area contributed by atoms with E-state index in [4.69, 9.17) is 9.84 Å². The fourth-order valence-corrected chi connectivity index (χ4v) is 6.06. The van der Waals surface area contributed by atoms with Crippen LogP contribution in [-0.2, 0) is 19.1 Å². The highest BCUT2D eigenvalue weighted by Gasteiger charge is 2.80. The molecule has 3 aliphatic heterocycles. The number of aliphatic carboxylic acids is 1. The van der Waals surface area contributed by atoms with Crippen LogP contribution < -0.4 is 0 Å². The predicted octanol–water partition coefficient (Wildman–Crippen LogP) is 1.67. The lowest BCUT2D eigenvalue weighted by Crippen LogP contribution is -2.57. The van der Waals surface area contributed by atoms with Crippen molar-refractivity contribution in [2.24, 2.45) is 17.8 Å². The zero-order valence-electron chi connectivity index (χ0n) is 19.0. The third-order valence-corrected chi connectivity index (χ3v) is 7.60. The molecule has 2 amide bonds. The third-order valence-electron chi connectivity index (χ3n) is 7.60. The summed E-state index contributed by atoms with van der Waals surface area (Å²) >= 11 is 0. The van der Waals surface area contributed by atoms with E-state index in [0.717, 1.165) is 6.42 Å². The molecule has 8 nitrogen and oxygen atoms in total. The number of likely N-dealkylation sites (tertiary alicyclic amines) is 1. The van der Waals surface area contributed by atoms with Crippen molar-refractivity contribution in [2.75, 3.05) is 19.7 Å². The Morgan fingerprint density at radius 3 is 2.58 bits per heavy atom. The highest BCUT2D eigenvalue weighted by molar-refractivity contribution is 5.98. The maximum atomic E-state index is 13.9. The Balaban J connectivity index is 2.05. The maximum Gasteiger partial charge on any atom is 0.310 e. The highest BCUT2D eigenvalue weighted by atomic mass is 16.5. The van der Waals surface area contributed by atoms with Crippen LogP contribution >= 0.6 is 0 Å². The van der Waals surface area contributed by atoms with E-state index in [-0.39, 0.29) is 30.4 Å². The largest absolute Gasteiger partial charge is 0.481 e. The summed E-state index contributed by atoms with van der Waals surface area (Å²) in [7, 11) is 0. The Bertz CT molecular complexity index is 754. The minimum absolute atomic E-state index is 0.0728. The normalized spacial score (nSPS) is 36.2. The first-order valence-corrected chi connectivity index (χ1v) is 11.3. The molecule has 2 bridgehead atoms. The van der Waals surface area contributed by atoms with Gasteiger partial charge in [0.25, 0.3) is 0 Å². The van der Waals surface area contributed by atoms with Crippen LogP contribution in [0.15, 0.2) is 12.7 Å². The number of unbranched alkanes of at least 4 members (excludes halogenated alkanes) is 2. The standard InChI is InChI=1S/C23H36N2O6/c1-6-10-24(14(2)3)20(28)18-23-13-15(4)22(5,31-23)17(21(29)30)16(23)19(27)25(18)11-8-7-9-12-26/h6,14-18,26H,1,7-13H2,2-5H3,(H,29,30)/t15?,16-,17-,18?,22+,23?/m0/s1. The molecule has 0 saturated carbocycles. The summed E-state index contributed by atoms with van der Waals surface area (Å²) in [6.45, 7) is 12.1. The molecule has 1 spiro atoms. The molecule has 3 unspecified atom stereocenters. The third kappa shape index (κ3) is 3.48. The number of aliphatic hydroxyl groups is 1. The number of carbonyl (C=O) groups is 3. The first kappa shape index (κ1) is 23.7. The van der Waals surface area contributed by atoms with Crippen molar-refractivity contribution in [3.63, 3.8) is 0 Å². The van der Waals surface area contributed by atoms with E-state index in [1.54, 1.807) is 22.8 Å². The molecule has 3 rings (SSSR count). The zero-order valence-corrected chi connectivity index (χ0v) is 19.0. The summed E-state index contributed by atoms with van der Waals surface area (Å²) in [6, 6.07) is -0.954. The van der Waals surface area contributed by atoms with Gasteiger partial charge in [-0.2, -0.15) is 0 Å². The molecule has 174 valence electrons. The Morgan fingerprint density at radius 1 is 1.35 bits per heavy atom. The Hall–Kier alpha value is -1.93. The molecular formula is C23H36N2O6. The molecule has 0 aliphatic carbocycles. The van der Waals surface area contributed by atoms with Gasteiger partial charge < -0.3 is 24.7 Å². The Labute approximate surface area is 184 Å². The summed E-state index contributed by atoms with van der Waals surface area (Å²) < 4.78 is 6.47. The summed E-state index contributed by atoms with van der Waals surface area (Å²) in [6.07, 6.45) is 4.11. The van der Waals surface area contributed by atoms with Crippen molar-refractivity contribution in [1.29, 1.82) is 0 Å². The molecule has 3 heterocycles. The van der Waals surface area contributed by atoms with Crippen LogP contribution in [0.3, 0.4) is 0 Å². The quantitative estimate of drug-likeness (QED) is 0.398. The van der Waals surface area contributed by atoms with Crippen LogP contribution in [0, 0.1) is 17.8 Å². The van der Waals surface area contributed by atoms with Crippen molar-refractivity contribution in [3.05, 3.63) is 12.7 Å². The van der Waals surface area contributed by atoms with Gasteiger partial charge in [-0.1, -0.05) is 13.0 Å². The first-order chi connectivity index (χ1) is 14.6. The number of carbonyl (C=O) groups excluding carboxylic acids is 2. The van der Waals surface area contributed by atoms with Gasteiger partial charge in [0.05, 0.1) is 11.5 Å². The van der Waals surface area contributed by atoms with Gasteiger partial charge in [0.15, 0.2) is 0 Å². The lowest BCUT2D eigenvalue weighted by atomic mass is 9.62. The topological polar surface area (TPSA) is 107 Å². The number of carboxylic acids is 1. The SMILES string of the molecule is C=CCN(C(=O)C1N(CCCCCO)C(=O)[C@@H]2[C@@H](C(=O)O)[C@]3(C)OC12CC3C)C(C)C. The monoisotopic (exact) mass is 436 g/mol. The zero-order chi connectivity index (χ0) is 23.1. The van der Waals surface area contributed by atoms with Crippen LogP contribution in [0.1, 0.15) is 53.4 Å².